The van der Waals surface area contributed by atoms with Gasteiger partial charge in [0.1, 0.15) is 0 Å². The summed E-state index contributed by atoms with van der Waals surface area (Å²) in [6.07, 6.45) is 0.316. The van der Waals surface area contributed by atoms with Crippen molar-refractivity contribution in [3.05, 3.63) is 59.7 Å². The van der Waals surface area contributed by atoms with E-state index < -0.39 is 0 Å². The third-order valence-electron chi connectivity index (χ3n) is 3.06. The van der Waals surface area contributed by atoms with Crippen molar-refractivity contribution >= 4 is 23.2 Å². The maximum atomic E-state index is 12.1. The average molecular weight is 283 g/mol. The van der Waals surface area contributed by atoms with Gasteiger partial charge in [0.25, 0.3) is 5.91 Å². The summed E-state index contributed by atoms with van der Waals surface area (Å²) >= 11 is 0. The van der Waals surface area contributed by atoms with Crippen molar-refractivity contribution in [2.75, 3.05) is 18.1 Å². The largest absolute Gasteiger partial charge is 0.398 e. The molecule has 2 aromatic rings. The van der Waals surface area contributed by atoms with Gasteiger partial charge in [-0.05, 0) is 29.8 Å². The van der Waals surface area contributed by atoms with Gasteiger partial charge in [-0.25, -0.2) is 0 Å². The Morgan fingerprint density at radius 1 is 1.05 bits per heavy atom. The molecule has 2 rings (SSSR count). The first-order valence-corrected chi connectivity index (χ1v) is 6.55. The van der Waals surface area contributed by atoms with E-state index in [0.717, 1.165) is 5.56 Å². The number of nitrogens with one attached hydrogen (secondary N) is 2. The summed E-state index contributed by atoms with van der Waals surface area (Å²) in [6.45, 7) is 0. The Morgan fingerprint density at radius 3 is 2.33 bits per heavy atom. The van der Waals surface area contributed by atoms with Gasteiger partial charge in [-0.3, -0.25) is 9.59 Å². The van der Waals surface area contributed by atoms with Crippen LogP contribution in [0.4, 0.5) is 11.4 Å². The van der Waals surface area contributed by atoms with E-state index in [2.05, 4.69) is 10.6 Å². The fourth-order valence-corrected chi connectivity index (χ4v) is 1.88. The number of likely N-dealkylation sites (N-methyl/N-ethyl adjacent to an activating group) is 1. The van der Waals surface area contributed by atoms with Crippen molar-refractivity contribution in [3.63, 3.8) is 0 Å². The number of hydrogen-bond donors (Lipinski definition) is 3. The second-order valence-electron chi connectivity index (χ2n) is 4.59. The van der Waals surface area contributed by atoms with E-state index in [1.807, 2.05) is 0 Å². The molecule has 0 aliphatic carbocycles. The molecule has 0 saturated heterocycles. The molecule has 2 amide bonds. The van der Waals surface area contributed by atoms with Gasteiger partial charge in [0.05, 0.1) is 12.0 Å². The van der Waals surface area contributed by atoms with Gasteiger partial charge < -0.3 is 16.4 Å². The summed E-state index contributed by atoms with van der Waals surface area (Å²) in [5.74, 6) is -0.309. The number of nitrogen functional groups attached to an aromatic ring is 1. The lowest BCUT2D eigenvalue weighted by Crippen LogP contribution is -2.19. The van der Waals surface area contributed by atoms with Crippen molar-refractivity contribution < 1.29 is 9.59 Å². The highest BCUT2D eigenvalue weighted by atomic mass is 16.2. The van der Waals surface area contributed by atoms with E-state index in [9.17, 15) is 9.59 Å². The van der Waals surface area contributed by atoms with Crippen LogP contribution in [-0.4, -0.2) is 18.9 Å². The van der Waals surface area contributed by atoms with E-state index >= 15 is 0 Å². The first kappa shape index (κ1) is 14.6. The van der Waals surface area contributed by atoms with Crippen LogP contribution in [0, 0.1) is 0 Å². The molecule has 0 bridgehead atoms. The smallest absolute Gasteiger partial charge is 0.257 e. The maximum Gasteiger partial charge on any atom is 0.257 e. The Kier molecular flexibility index (Phi) is 4.56. The Labute approximate surface area is 123 Å². The molecular formula is C16H17N3O2. The normalized spacial score (nSPS) is 9.95. The van der Waals surface area contributed by atoms with Crippen molar-refractivity contribution in [2.24, 2.45) is 0 Å². The summed E-state index contributed by atoms with van der Waals surface area (Å²) in [6, 6.07) is 14.0. The van der Waals surface area contributed by atoms with Crippen molar-refractivity contribution in [1.29, 1.82) is 0 Å². The third kappa shape index (κ3) is 3.82. The zero-order valence-electron chi connectivity index (χ0n) is 11.7. The third-order valence-corrected chi connectivity index (χ3v) is 3.06. The first-order chi connectivity index (χ1) is 10.1. The molecule has 0 aliphatic rings. The number of carbonyl (C=O) groups excluding carboxylic acids is 2. The molecule has 0 fully saturated rings. The Bertz CT molecular complexity index is 651. The number of carbonyl (C=O) groups is 2. The molecule has 5 heteroatoms. The molecule has 0 heterocycles. The molecule has 4 N–H and O–H groups in total. The number of amides is 2. The van der Waals surface area contributed by atoms with Gasteiger partial charge in [0, 0.05) is 18.4 Å². The molecule has 108 valence electrons. The van der Waals surface area contributed by atoms with Crippen molar-refractivity contribution in [3.8, 4) is 0 Å². The number of anilines is 2. The molecule has 0 aromatic heterocycles. The minimum atomic E-state index is -0.257. The molecular weight excluding hydrogens is 266 g/mol. The quantitative estimate of drug-likeness (QED) is 0.748. The lowest BCUT2D eigenvalue weighted by atomic mass is 10.1. The highest BCUT2D eigenvalue weighted by Gasteiger charge is 2.09. The van der Waals surface area contributed by atoms with Crippen LogP contribution < -0.4 is 16.4 Å². The number of para-hydroxylation sites is 1. The Morgan fingerprint density at radius 2 is 1.71 bits per heavy atom. The second kappa shape index (κ2) is 6.56. The lowest BCUT2D eigenvalue weighted by molar-refractivity contribution is -0.119. The van der Waals surface area contributed by atoms with Crippen LogP contribution in [0.2, 0.25) is 0 Å². The van der Waals surface area contributed by atoms with E-state index in [0.29, 0.717) is 23.4 Å². The summed E-state index contributed by atoms with van der Waals surface area (Å²) in [5, 5.41) is 5.34. The topological polar surface area (TPSA) is 84.2 Å². The van der Waals surface area contributed by atoms with Gasteiger partial charge in [-0.2, -0.15) is 0 Å². The number of hydrogen-bond acceptors (Lipinski definition) is 3. The average Bonchev–Trinajstić information content (AvgIpc) is 2.49. The molecule has 0 aliphatic heterocycles. The Balaban J connectivity index is 2.05. The summed E-state index contributed by atoms with van der Waals surface area (Å²) in [7, 11) is 1.60. The minimum absolute atomic E-state index is 0.0520. The fraction of sp³-hybridized carbons (Fsp3) is 0.125. The van der Waals surface area contributed by atoms with Crippen LogP contribution in [0.25, 0.3) is 0 Å². The maximum absolute atomic E-state index is 12.1. The molecule has 0 unspecified atom stereocenters. The monoisotopic (exact) mass is 283 g/mol. The van der Waals surface area contributed by atoms with Crippen LogP contribution in [-0.2, 0) is 11.2 Å². The van der Waals surface area contributed by atoms with Crippen LogP contribution in [0.5, 0.6) is 0 Å². The summed E-state index contributed by atoms with van der Waals surface area (Å²) in [4.78, 5) is 23.4. The fourth-order valence-electron chi connectivity index (χ4n) is 1.88. The highest BCUT2D eigenvalue weighted by Crippen LogP contribution is 2.15. The molecule has 21 heavy (non-hydrogen) atoms. The SMILES string of the molecule is CNC(=O)Cc1ccc(NC(=O)c2ccccc2N)cc1. The minimum Gasteiger partial charge on any atom is -0.398 e. The summed E-state index contributed by atoms with van der Waals surface area (Å²) in [5.41, 5.74) is 8.17. The van der Waals surface area contributed by atoms with E-state index in [-0.39, 0.29) is 11.8 Å². The van der Waals surface area contributed by atoms with Gasteiger partial charge >= 0.3 is 0 Å². The van der Waals surface area contributed by atoms with Crippen molar-refractivity contribution in [2.45, 2.75) is 6.42 Å². The predicted octanol–water partition coefficient (Wildman–Crippen LogP) is 1.81. The first-order valence-electron chi connectivity index (χ1n) is 6.55. The van der Waals surface area contributed by atoms with Crippen LogP contribution in [0.1, 0.15) is 15.9 Å². The van der Waals surface area contributed by atoms with Gasteiger partial charge in [-0.15, -0.1) is 0 Å². The van der Waals surface area contributed by atoms with Gasteiger partial charge in [-0.1, -0.05) is 24.3 Å². The molecule has 0 saturated carbocycles. The zero-order chi connectivity index (χ0) is 15.2. The molecule has 0 radical (unpaired) electrons. The van der Waals surface area contributed by atoms with E-state index in [4.69, 9.17) is 5.73 Å². The van der Waals surface area contributed by atoms with Crippen molar-refractivity contribution in [1.82, 2.24) is 5.32 Å². The van der Waals surface area contributed by atoms with Gasteiger partial charge in [0.15, 0.2) is 0 Å². The molecule has 5 nitrogen and oxygen atoms in total. The molecule has 0 atom stereocenters. The van der Waals surface area contributed by atoms with Gasteiger partial charge in [0.2, 0.25) is 5.91 Å². The Hall–Kier alpha value is -2.82. The summed E-state index contributed by atoms with van der Waals surface area (Å²) < 4.78 is 0. The van der Waals surface area contributed by atoms with E-state index in [1.54, 1.807) is 55.6 Å². The second-order valence-corrected chi connectivity index (χ2v) is 4.59. The number of benzene rings is 2. The predicted molar refractivity (Wildman–Crippen MR) is 83.0 cm³/mol. The van der Waals surface area contributed by atoms with Crippen LogP contribution in [0.3, 0.4) is 0 Å². The molecule has 0 spiro atoms. The molecule has 2 aromatic carbocycles. The lowest BCUT2D eigenvalue weighted by Gasteiger charge is -2.08. The number of nitrogens with two attached hydrogens (primary N) is 1. The number of rotatable bonds is 4. The van der Waals surface area contributed by atoms with Crippen LogP contribution in [0.15, 0.2) is 48.5 Å². The van der Waals surface area contributed by atoms with Crippen LogP contribution >= 0.6 is 0 Å². The highest BCUT2D eigenvalue weighted by molar-refractivity contribution is 6.07. The van der Waals surface area contributed by atoms with E-state index in [1.165, 1.54) is 0 Å². The zero-order valence-corrected chi connectivity index (χ0v) is 11.7. The standard InChI is InChI=1S/C16H17N3O2/c1-18-15(20)10-11-6-8-12(9-7-11)19-16(21)13-4-2-3-5-14(13)17/h2-9H,10,17H2,1H3,(H,18,20)(H,19,21).